The van der Waals surface area contributed by atoms with Crippen molar-refractivity contribution in [2.75, 3.05) is 6.54 Å². The van der Waals surface area contributed by atoms with E-state index in [2.05, 4.69) is 9.97 Å². The van der Waals surface area contributed by atoms with E-state index in [9.17, 15) is 9.59 Å². The van der Waals surface area contributed by atoms with Crippen LogP contribution in [0.2, 0.25) is 0 Å². The molecule has 120 valence electrons. The fourth-order valence-electron chi connectivity index (χ4n) is 1.78. The van der Waals surface area contributed by atoms with Crippen molar-refractivity contribution >= 4 is 29.0 Å². The van der Waals surface area contributed by atoms with E-state index < -0.39 is 23.7 Å². The average Bonchev–Trinajstić information content (AvgIpc) is 3.01. The maximum absolute atomic E-state index is 11.6. The molecule has 0 radical (unpaired) electrons. The van der Waals surface area contributed by atoms with Crippen molar-refractivity contribution < 1.29 is 19.4 Å². The number of aromatic nitrogens is 2. The number of aromatic amines is 1. The fourth-order valence-corrected chi connectivity index (χ4v) is 1.78. The van der Waals surface area contributed by atoms with Crippen molar-refractivity contribution in [2.24, 2.45) is 0 Å². The Morgan fingerprint density at radius 1 is 1.43 bits per heavy atom. The van der Waals surface area contributed by atoms with E-state index in [0.29, 0.717) is 13.0 Å². The maximum atomic E-state index is 11.6. The molecule has 0 bridgehead atoms. The Labute approximate surface area is 134 Å². The van der Waals surface area contributed by atoms with Gasteiger partial charge in [-0.05, 0) is 33.6 Å². The molecule has 0 saturated carbocycles. The van der Waals surface area contributed by atoms with E-state index in [1.165, 1.54) is 4.90 Å². The van der Waals surface area contributed by atoms with Crippen molar-refractivity contribution in [3.05, 3.63) is 18.7 Å². The molecule has 1 amide bonds. The summed E-state index contributed by atoms with van der Waals surface area (Å²) in [5.74, 6) is -0.960. The number of nitrogens with one attached hydrogen (secondary N) is 1. The number of likely N-dealkylation sites (tertiary alicyclic amines) is 1. The third-order valence-corrected chi connectivity index (χ3v) is 2.57. The third-order valence-electron chi connectivity index (χ3n) is 2.57. The van der Waals surface area contributed by atoms with Crippen molar-refractivity contribution in [1.82, 2.24) is 14.9 Å². The van der Waals surface area contributed by atoms with Crippen LogP contribution in [0.3, 0.4) is 0 Å². The molecule has 0 unspecified atom stereocenters. The Bertz CT molecular complexity index is 414. The Morgan fingerprint density at radius 2 is 2.10 bits per heavy atom. The van der Waals surface area contributed by atoms with E-state index in [1.807, 2.05) is 0 Å². The highest BCUT2D eigenvalue weighted by Crippen LogP contribution is 2.20. The van der Waals surface area contributed by atoms with Gasteiger partial charge in [0.15, 0.2) is 0 Å². The van der Waals surface area contributed by atoms with Crippen molar-refractivity contribution in [3.63, 3.8) is 0 Å². The maximum Gasteiger partial charge on any atom is 0.411 e. The van der Waals surface area contributed by atoms with Gasteiger partial charge in [-0.15, -0.1) is 17.0 Å². The Kier molecular flexibility index (Phi) is 8.01. The van der Waals surface area contributed by atoms with Gasteiger partial charge in [-0.1, -0.05) is 0 Å². The van der Waals surface area contributed by atoms with Gasteiger partial charge in [0.2, 0.25) is 0 Å². The summed E-state index contributed by atoms with van der Waals surface area (Å²) in [6.07, 6.45) is 5.78. The fraction of sp³-hybridized carbons (Fsp3) is 0.615. The lowest BCUT2D eigenvalue weighted by Crippen LogP contribution is -2.43. The molecule has 1 atom stereocenters. The molecule has 8 heteroatoms. The highest BCUT2D eigenvalue weighted by Gasteiger charge is 2.36. The van der Waals surface area contributed by atoms with Crippen LogP contribution in [0.1, 0.15) is 33.6 Å². The zero-order valence-electron chi connectivity index (χ0n) is 12.4. The Morgan fingerprint density at radius 3 is 2.48 bits per heavy atom. The molecule has 1 aromatic heterocycles. The quantitative estimate of drug-likeness (QED) is 0.798. The SMILES string of the molecule is Br.CC(C)(C)OC(=O)N1CCC[C@H]1C(=O)O.c1c[nH]cn1. The summed E-state index contributed by atoms with van der Waals surface area (Å²) in [6.45, 7) is 5.75. The number of ether oxygens (including phenoxy) is 1. The molecule has 1 saturated heterocycles. The lowest BCUT2D eigenvalue weighted by atomic mass is 10.2. The minimum Gasteiger partial charge on any atom is -0.480 e. The van der Waals surface area contributed by atoms with Crippen molar-refractivity contribution in [1.29, 1.82) is 0 Å². The predicted octanol–water partition coefficient (Wildman–Crippen LogP) is 2.46. The van der Waals surface area contributed by atoms with Crippen LogP contribution < -0.4 is 0 Å². The van der Waals surface area contributed by atoms with Crippen molar-refractivity contribution in [2.45, 2.75) is 45.3 Å². The molecule has 7 nitrogen and oxygen atoms in total. The van der Waals surface area contributed by atoms with Crippen LogP contribution in [0.5, 0.6) is 0 Å². The lowest BCUT2D eigenvalue weighted by molar-refractivity contribution is -0.142. The number of carboxylic acid groups (broad SMARTS) is 1. The Hall–Kier alpha value is -1.57. The van der Waals surface area contributed by atoms with Gasteiger partial charge in [0.1, 0.15) is 11.6 Å². The number of nitrogens with zero attached hydrogens (tertiary/aromatic N) is 2. The molecule has 1 aromatic rings. The number of hydrogen-bond acceptors (Lipinski definition) is 4. The van der Waals surface area contributed by atoms with Crippen molar-refractivity contribution in [3.8, 4) is 0 Å². The summed E-state index contributed by atoms with van der Waals surface area (Å²) >= 11 is 0. The standard InChI is InChI=1S/C10H17NO4.C3H4N2.BrH/c1-10(2,3)15-9(14)11-6-4-5-7(11)8(12)13;1-2-5-3-4-1;/h7H,4-6H2,1-3H3,(H,12,13);1-3H,(H,4,5);1H/t7-;;/m0../s1. The number of carbonyl (C=O) groups excluding carboxylic acids is 1. The number of carboxylic acids is 1. The monoisotopic (exact) mass is 363 g/mol. The average molecular weight is 364 g/mol. The van der Waals surface area contributed by atoms with Gasteiger partial charge < -0.3 is 14.8 Å². The van der Waals surface area contributed by atoms with Crippen LogP contribution in [0.15, 0.2) is 18.7 Å². The molecule has 2 N–H and O–H groups in total. The number of rotatable bonds is 1. The molecule has 1 fully saturated rings. The first kappa shape index (κ1) is 19.4. The minimum absolute atomic E-state index is 0. The summed E-state index contributed by atoms with van der Waals surface area (Å²) in [5.41, 5.74) is -0.581. The highest BCUT2D eigenvalue weighted by molar-refractivity contribution is 8.93. The first-order valence-electron chi connectivity index (χ1n) is 6.46. The van der Waals surface area contributed by atoms with Gasteiger partial charge in [0.05, 0.1) is 6.33 Å². The van der Waals surface area contributed by atoms with Crippen LogP contribution in [0.25, 0.3) is 0 Å². The van der Waals surface area contributed by atoms with E-state index in [1.54, 1.807) is 39.5 Å². The number of imidazole rings is 1. The molecule has 1 aliphatic heterocycles. The second-order valence-corrected chi connectivity index (χ2v) is 5.43. The number of hydrogen-bond donors (Lipinski definition) is 2. The van der Waals surface area contributed by atoms with Crippen LogP contribution in [0, 0.1) is 0 Å². The van der Waals surface area contributed by atoms with Gasteiger partial charge in [0, 0.05) is 18.9 Å². The predicted molar refractivity (Wildman–Crippen MR) is 82.5 cm³/mol. The van der Waals surface area contributed by atoms with Crippen LogP contribution >= 0.6 is 17.0 Å². The summed E-state index contributed by atoms with van der Waals surface area (Å²) in [4.78, 5) is 30.2. The Balaban J connectivity index is 0.000000562. The number of H-pyrrole nitrogens is 1. The van der Waals surface area contributed by atoms with Gasteiger partial charge in [-0.3, -0.25) is 4.90 Å². The lowest BCUT2D eigenvalue weighted by Gasteiger charge is -2.26. The van der Waals surface area contributed by atoms with Gasteiger partial charge in [-0.25, -0.2) is 14.6 Å². The molecule has 0 aromatic carbocycles. The number of halogens is 1. The first-order valence-corrected chi connectivity index (χ1v) is 6.46. The van der Waals surface area contributed by atoms with Gasteiger partial charge in [-0.2, -0.15) is 0 Å². The topological polar surface area (TPSA) is 95.5 Å². The normalized spacial score (nSPS) is 17.3. The summed E-state index contributed by atoms with van der Waals surface area (Å²) in [7, 11) is 0. The van der Waals surface area contributed by atoms with E-state index in [0.717, 1.165) is 6.42 Å². The van der Waals surface area contributed by atoms with Crippen LogP contribution in [0.4, 0.5) is 4.79 Å². The highest BCUT2D eigenvalue weighted by atomic mass is 79.9. The molecule has 1 aliphatic rings. The number of carbonyl (C=O) groups is 2. The molecular weight excluding hydrogens is 342 g/mol. The smallest absolute Gasteiger partial charge is 0.411 e. The molecule has 0 aliphatic carbocycles. The summed E-state index contributed by atoms with van der Waals surface area (Å²) in [5, 5.41) is 8.88. The van der Waals surface area contributed by atoms with E-state index in [-0.39, 0.29) is 17.0 Å². The molecular formula is C13H22BrN3O4. The molecule has 2 rings (SSSR count). The van der Waals surface area contributed by atoms with Crippen LogP contribution in [-0.4, -0.2) is 50.2 Å². The first-order chi connectivity index (χ1) is 9.31. The van der Waals surface area contributed by atoms with Crippen LogP contribution in [-0.2, 0) is 9.53 Å². The third kappa shape index (κ3) is 7.12. The zero-order chi connectivity index (χ0) is 15.2. The van der Waals surface area contributed by atoms with Gasteiger partial charge in [0.25, 0.3) is 0 Å². The largest absolute Gasteiger partial charge is 0.480 e. The second-order valence-electron chi connectivity index (χ2n) is 5.43. The zero-order valence-corrected chi connectivity index (χ0v) is 14.1. The number of aliphatic carboxylic acids is 1. The van der Waals surface area contributed by atoms with E-state index >= 15 is 0 Å². The van der Waals surface area contributed by atoms with E-state index in [4.69, 9.17) is 9.84 Å². The molecule has 21 heavy (non-hydrogen) atoms. The molecule has 2 heterocycles. The minimum atomic E-state index is -0.960. The summed E-state index contributed by atoms with van der Waals surface area (Å²) in [6, 6.07) is -0.722. The summed E-state index contributed by atoms with van der Waals surface area (Å²) < 4.78 is 5.13. The molecule has 0 spiro atoms. The number of amides is 1. The second kappa shape index (κ2) is 8.66. The van der Waals surface area contributed by atoms with Gasteiger partial charge >= 0.3 is 12.1 Å².